The smallest absolute Gasteiger partial charge is 0.408 e. The molecule has 0 radical (unpaired) electrons. The van der Waals surface area contributed by atoms with Crippen molar-refractivity contribution < 1.29 is 43.3 Å². The van der Waals surface area contributed by atoms with Gasteiger partial charge in [-0.15, -0.1) is 0 Å². The van der Waals surface area contributed by atoms with Gasteiger partial charge in [-0.25, -0.2) is 14.6 Å². The molecule has 2 aliphatic rings. The predicted molar refractivity (Wildman–Crippen MR) is 214 cm³/mol. The number of likely N-dealkylation sites (tertiary alicyclic amines) is 1. The summed E-state index contributed by atoms with van der Waals surface area (Å²) >= 11 is 0. The number of rotatable bonds is 14. The Kier molecular flexibility index (Phi) is 13.2. The molecule has 2 fully saturated rings. The number of carboxylic acid groups (broad SMARTS) is 1. The molecule has 15 heteroatoms. The molecule has 2 heterocycles. The number of aliphatic carboxylic acids is 1. The van der Waals surface area contributed by atoms with E-state index in [1.54, 1.807) is 52.2 Å². The molecule has 3 aromatic rings. The number of nitrogens with one attached hydrogen (secondary N) is 3. The lowest BCUT2D eigenvalue weighted by Crippen LogP contribution is -2.60. The van der Waals surface area contributed by atoms with Gasteiger partial charge in [0.1, 0.15) is 40.8 Å². The van der Waals surface area contributed by atoms with E-state index in [-0.39, 0.29) is 32.4 Å². The van der Waals surface area contributed by atoms with Crippen LogP contribution in [0.3, 0.4) is 0 Å². The first kappa shape index (κ1) is 42.2. The third kappa shape index (κ3) is 10.9. The monoisotopic (exact) mass is 784 g/mol. The van der Waals surface area contributed by atoms with E-state index < -0.39 is 59.1 Å². The normalized spacial score (nSPS) is 20.1. The largest absolute Gasteiger partial charge is 0.497 e. The lowest BCUT2D eigenvalue weighted by molar-refractivity contribution is -0.149. The SMILES string of the molecule is C=C1CC[C@](NC(=O)[C@@H]2C[C@@H](Oc3cc(-c4ccccc4)nc4cc(OC)ccc34)CN2C(=O)[C@H](CNC(=O)/C=C/CN(C)C)NC(=O)OC(C)(C)C)(C(=O)O)C1. The van der Waals surface area contributed by atoms with Gasteiger partial charge in [0.2, 0.25) is 17.7 Å². The highest BCUT2D eigenvalue weighted by Crippen LogP contribution is 2.36. The molecule has 1 aliphatic carbocycles. The number of methoxy groups -OCH3 is 1. The molecule has 57 heavy (non-hydrogen) atoms. The fourth-order valence-electron chi connectivity index (χ4n) is 6.85. The highest BCUT2D eigenvalue weighted by molar-refractivity contribution is 5.96. The number of likely N-dealkylation sites (N-methyl/N-ethyl adjacent to an activating group) is 1. The first-order valence-corrected chi connectivity index (χ1v) is 18.8. The Morgan fingerprint density at radius 2 is 1.84 bits per heavy atom. The van der Waals surface area contributed by atoms with Gasteiger partial charge in [-0.05, 0) is 59.8 Å². The van der Waals surface area contributed by atoms with Crippen LogP contribution < -0.4 is 25.4 Å². The van der Waals surface area contributed by atoms with Crippen molar-refractivity contribution in [1.29, 1.82) is 0 Å². The van der Waals surface area contributed by atoms with Crippen LogP contribution in [0.5, 0.6) is 11.5 Å². The molecule has 0 spiro atoms. The molecule has 1 aromatic heterocycles. The molecule has 2 aromatic carbocycles. The van der Waals surface area contributed by atoms with Crippen molar-refractivity contribution in [3.05, 3.63) is 78.9 Å². The van der Waals surface area contributed by atoms with E-state index in [4.69, 9.17) is 19.2 Å². The summed E-state index contributed by atoms with van der Waals surface area (Å²) in [7, 11) is 5.25. The molecule has 1 saturated carbocycles. The van der Waals surface area contributed by atoms with Gasteiger partial charge in [0.15, 0.2) is 0 Å². The van der Waals surface area contributed by atoms with Crippen molar-refractivity contribution in [2.75, 3.05) is 40.8 Å². The number of benzene rings is 2. The zero-order valence-corrected chi connectivity index (χ0v) is 33.3. The van der Waals surface area contributed by atoms with Crippen LogP contribution in [0.1, 0.15) is 46.5 Å². The maximum atomic E-state index is 14.6. The molecular weight excluding hydrogens is 732 g/mol. The summed E-state index contributed by atoms with van der Waals surface area (Å²) in [6, 6.07) is 14.1. The van der Waals surface area contributed by atoms with Crippen LogP contribution >= 0.6 is 0 Å². The maximum Gasteiger partial charge on any atom is 0.408 e. The minimum atomic E-state index is -1.60. The number of hydrogen-bond acceptors (Lipinski definition) is 10. The summed E-state index contributed by atoms with van der Waals surface area (Å²) in [5.41, 5.74) is 0.219. The van der Waals surface area contributed by atoms with Gasteiger partial charge in [-0.1, -0.05) is 48.6 Å². The molecular formula is C42H52N6O9. The third-order valence-electron chi connectivity index (χ3n) is 9.63. The number of carboxylic acids is 1. The Hall–Kier alpha value is -5.96. The summed E-state index contributed by atoms with van der Waals surface area (Å²) in [6.07, 6.45) is 1.86. The van der Waals surface area contributed by atoms with E-state index in [2.05, 4.69) is 22.5 Å². The fraction of sp³-hybridized carbons (Fsp3) is 0.429. The van der Waals surface area contributed by atoms with Gasteiger partial charge in [-0.2, -0.15) is 0 Å². The molecule has 15 nitrogen and oxygen atoms in total. The molecule has 4 amide bonds. The number of aromatic nitrogens is 1. The first-order valence-electron chi connectivity index (χ1n) is 18.8. The zero-order chi connectivity index (χ0) is 41.5. The highest BCUT2D eigenvalue weighted by atomic mass is 16.6. The van der Waals surface area contributed by atoms with Crippen molar-refractivity contribution in [1.82, 2.24) is 30.7 Å². The van der Waals surface area contributed by atoms with Crippen LogP contribution in [-0.2, 0) is 23.9 Å². The van der Waals surface area contributed by atoms with E-state index in [0.29, 0.717) is 46.6 Å². The summed E-state index contributed by atoms with van der Waals surface area (Å²) < 4.78 is 17.6. The minimum Gasteiger partial charge on any atom is -0.497 e. The van der Waals surface area contributed by atoms with Crippen molar-refractivity contribution >= 4 is 40.7 Å². The van der Waals surface area contributed by atoms with E-state index in [0.717, 1.165) is 5.56 Å². The van der Waals surface area contributed by atoms with Gasteiger partial charge in [0, 0.05) is 55.1 Å². The quantitative estimate of drug-likeness (QED) is 0.136. The average Bonchev–Trinajstić information content (AvgIpc) is 3.76. The maximum absolute atomic E-state index is 14.6. The van der Waals surface area contributed by atoms with Crippen LogP contribution in [0.25, 0.3) is 22.2 Å². The van der Waals surface area contributed by atoms with E-state index >= 15 is 0 Å². The average molecular weight is 785 g/mol. The van der Waals surface area contributed by atoms with Crippen LogP contribution in [0.2, 0.25) is 0 Å². The Morgan fingerprint density at radius 1 is 1.11 bits per heavy atom. The van der Waals surface area contributed by atoms with Crippen LogP contribution in [-0.4, -0.2) is 120 Å². The van der Waals surface area contributed by atoms with Crippen LogP contribution in [0.15, 0.2) is 78.9 Å². The number of amides is 4. The lowest BCUT2D eigenvalue weighted by Gasteiger charge is -2.32. The number of alkyl carbamates (subject to hydrolysis) is 1. The second kappa shape index (κ2) is 17.9. The number of carbonyl (C=O) groups is 5. The predicted octanol–water partition coefficient (Wildman–Crippen LogP) is 4.07. The summed E-state index contributed by atoms with van der Waals surface area (Å²) in [5, 5.41) is 18.9. The third-order valence-corrected chi connectivity index (χ3v) is 9.63. The topological polar surface area (TPSA) is 189 Å². The number of ether oxygens (including phenoxy) is 3. The summed E-state index contributed by atoms with van der Waals surface area (Å²) in [6.45, 7) is 8.98. The molecule has 5 rings (SSSR count). The standard InChI is InChI=1S/C42H52N6O9/c1-26-17-18-42(23-26,39(52)53)46-37(50)34-21-29(56-35-22-31(27-12-9-8-10-13-27)44-32-20-28(55-7)15-16-30(32)35)25-48(34)38(51)33(45-40(54)57-41(2,3)4)24-43-36(49)14-11-19-47(5)6/h8-16,20,22,29,33-34H,1,17-19,21,23-25H2,2-7H3,(H,43,49)(H,45,54)(H,46,50)(H,52,53)/b14-11+/t29-,33+,34+,42-/m1/s1. The number of carbonyl (C=O) groups excluding carboxylic acids is 4. The van der Waals surface area contributed by atoms with E-state index in [1.807, 2.05) is 55.4 Å². The number of nitrogens with zero attached hydrogens (tertiary/aromatic N) is 3. The van der Waals surface area contributed by atoms with Crippen LogP contribution in [0, 0.1) is 0 Å². The molecule has 1 saturated heterocycles. The second-order valence-corrected chi connectivity index (χ2v) is 15.6. The fourth-order valence-corrected chi connectivity index (χ4v) is 6.85. The van der Waals surface area contributed by atoms with Gasteiger partial charge in [0.05, 0.1) is 24.9 Å². The number of hydrogen-bond donors (Lipinski definition) is 4. The molecule has 1 aliphatic heterocycles. The zero-order valence-electron chi connectivity index (χ0n) is 33.3. The minimum absolute atomic E-state index is 0.0202. The number of fused-ring (bicyclic) bond motifs is 1. The highest BCUT2D eigenvalue weighted by Gasteiger charge is 2.49. The Morgan fingerprint density at radius 3 is 2.47 bits per heavy atom. The summed E-state index contributed by atoms with van der Waals surface area (Å²) in [4.78, 5) is 75.2. The molecule has 4 atom stereocenters. The van der Waals surface area contributed by atoms with Gasteiger partial charge < -0.3 is 45.1 Å². The Bertz CT molecular complexity index is 2030. The van der Waals surface area contributed by atoms with Gasteiger partial charge in [0.25, 0.3) is 0 Å². The lowest BCUT2D eigenvalue weighted by atomic mass is 9.96. The van der Waals surface area contributed by atoms with Crippen molar-refractivity contribution in [2.24, 2.45) is 0 Å². The van der Waals surface area contributed by atoms with Crippen LogP contribution in [0.4, 0.5) is 4.79 Å². The molecule has 0 bridgehead atoms. The number of pyridine rings is 1. The van der Waals surface area contributed by atoms with Gasteiger partial charge in [-0.3, -0.25) is 14.4 Å². The Labute approximate surface area is 332 Å². The van der Waals surface area contributed by atoms with Crippen molar-refractivity contribution in [3.8, 4) is 22.8 Å². The van der Waals surface area contributed by atoms with E-state index in [9.17, 15) is 29.1 Å². The van der Waals surface area contributed by atoms with Crippen molar-refractivity contribution in [3.63, 3.8) is 0 Å². The van der Waals surface area contributed by atoms with E-state index in [1.165, 1.54) is 11.0 Å². The molecule has 4 N–H and O–H groups in total. The second-order valence-electron chi connectivity index (χ2n) is 15.6. The van der Waals surface area contributed by atoms with Gasteiger partial charge >= 0.3 is 12.1 Å². The van der Waals surface area contributed by atoms with Crippen molar-refractivity contribution in [2.45, 2.75) is 75.8 Å². The Balaban J connectivity index is 1.50. The molecule has 0 unspecified atom stereocenters. The first-order chi connectivity index (χ1) is 27.0. The molecule has 304 valence electrons. The summed E-state index contributed by atoms with van der Waals surface area (Å²) in [5.74, 6) is -2.09.